The molecule has 19 heteroatoms. The summed E-state index contributed by atoms with van der Waals surface area (Å²) in [4.78, 5) is 48.8. The minimum atomic E-state index is -0.732. The van der Waals surface area contributed by atoms with E-state index in [0.717, 1.165) is 44.7 Å². The standard InChI is InChI=1S/C59H30Cl4F2N8O5/c60-27-3-15-47-37(19-27)35-9-1-25-17-41(58(77)66-29-7-13-45(64)43(62)23-29)56(75)53(49(25)51(35)68-47)72-70-31-5-11-33-34-12-6-32(22-40(34)55(74)39(33)21-31)71-73-54-50-26(2-10-36-38-20-28(61)4-16-48(38)69-52(36)50)18-42(57(54)76)59(78)67-30-8-14-46(65)44(63)24-30/h1-24,68-69,75-76H,(H,66,77)(H,67,78). The van der Waals surface area contributed by atoms with Crippen LogP contribution in [0.1, 0.15) is 36.6 Å². The van der Waals surface area contributed by atoms with Crippen molar-refractivity contribution >= 4 is 163 Å². The summed E-state index contributed by atoms with van der Waals surface area (Å²) in [5.41, 5.74) is 4.94. The Morgan fingerprint density at radius 2 is 0.897 bits per heavy atom. The van der Waals surface area contributed by atoms with Crippen molar-refractivity contribution < 1.29 is 33.4 Å². The fourth-order valence-corrected chi connectivity index (χ4v) is 10.8. The van der Waals surface area contributed by atoms with Gasteiger partial charge in [-0.25, -0.2) is 8.78 Å². The molecular formula is C59H30Cl4F2N8O5. The third kappa shape index (κ3) is 8.10. The molecule has 0 saturated heterocycles. The molecule has 13 nitrogen and oxygen atoms in total. The molecule has 0 spiro atoms. The van der Waals surface area contributed by atoms with Crippen molar-refractivity contribution in [2.24, 2.45) is 20.5 Å². The lowest BCUT2D eigenvalue weighted by Gasteiger charge is -2.12. The number of anilines is 2. The summed E-state index contributed by atoms with van der Waals surface area (Å²) in [7, 11) is 0. The summed E-state index contributed by atoms with van der Waals surface area (Å²) < 4.78 is 28.0. The Balaban J connectivity index is 0.862. The fraction of sp³-hybridized carbons (Fsp3) is 0. The van der Waals surface area contributed by atoms with E-state index >= 15 is 0 Å². The van der Waals surface area contributed by atoms with E-state index in [1.165, 1.54) is 36.4 Å². The van der Waals surface area contributed by atoms with Crippen LogP contribution in [0, 0.1) is 11.6 Å². The Labute approximate surface area is 457 Å². The van der Waals surface area contributed by atoms with Gasteiger partial charge in [0.05, 0.1) is 43.6 Å². The molecule has 2 amide bonds. The number of azo groups is 2. The van der Waals surface area contributed by atoms with E-state index in [0.29, 0.717) is 64.9 Å². The number of amides is 2. The van der Waals surface area contributed by atoms with Gasteiger partial charge >= 0.3 is 0 Å². The molecule has 13 rings (SSSR count). The average Bonchev–Trinajstić information content (AvgIpc) is 4.22. The van der Waals surface area contributed by atoms with Crippen LogP contribution in [0.2, 0.25) is 20.1 Å². The molecule has 1 aliphatic carbocycles. The zero-order valence-electron chi connectivity index (χ0n) is 39.5. The van der Waals surface area contributed by atoms with Crippen molar-refractivity contribution in [1.82, 2.24) is 9.97 Å². The Bertz CT molecular complexity index is 4470. The summed E-state index contributed by atoms with van der Waals surface area (Å²) in [5, 5.41) is 53.1. The van der Waals surface area contributed by atoms with E-state index in [9.17, 15) is 33.4 Å². The van der Waals surface area contributed by atoms with Crippen LogP contribution in [-0.2, 0) is 0 Å². The molecule has 1 aliphatic rings. The number of carbonyl (C=O) groups is 3. The van der Waals surface area contributed by atoms with E-state index in [2.05, 4.69) is 41.1 Å². The highest BCUT2D eigenvalue weighted by Crippen LogP contribution is 2.48. The number of nitrogens with one attached hydrogen (secondary N) is 4. The van der Waals surface area contributed by atoms with Gasteiger partial charge < -0.3 is 30.8 Å². The van der Waals surface area contributed by atoms with Crippen LogP contribution in [0.25, 0.3) is 76.3 Å². The van der Waals surface area contributed by atoms with Gasteiger partial charge in [-0.1, -0.05) is 82.8 Å². The van der Waals surface area contributed by atoms with Gasteiger partial charge in [0.2, 0.25) is 0 Å². The van der Waals surface area contributed by atoms with Crippen LogP contribution in [-0.4, -0.2) is 37.8 Å². The number of carbonyl (C=O) groups excluding carboxylic acids is 3. The second kappa shape index (κ2) is 18.5. The van der Waals surface area contributed by atoms with Crippen molar-refractivity contribution in [3.05, 3.63) is 200 Å². The number of aromatic amines is 2. The summed E-state index contributed by atoms with van der Waals surface area (Å²) in [6.07, 6.45) is 0. The van der Waals surface area contributed by atoms with Crippen LogP contribution >= 0.6 is 46.4 Å². The minimum Gasteiger partial charge on any atom is -0.505 e. The smallest absolute Gasteiger partial charge is 0.259 e. The number of ketones is 1. The average molecular weight is 1110 g/mol. The topological polar surface area (TPSA) is 197 Å². The highest BCUT2D eigenvalue weighted by molar-refractivity contribution is 6.34. The third-order valence-corrected chi connectivity index (χ3v) is 14.8. The van der Waals surface area contributed by atoms with E-state index < -0.39 is 34.9 Å². The van der Waals surface area contributed by atoms with Crippen molar-refractivity contribution in [3.8, 4) is 22.6 Å². The first kappa shape index (κ1) is 48.4. The molecule has 0 atom stereocenters. The van der Waals surface area contributed by atoms with Crippen molar-refractivity contribution in [3.63, 3.8) is 0 Å². The predicted molar refractivity (Wildman–Crippen MR) is 302 cm³/mol. The molecule has 0 fully saturated rings. The number of hydrogen-bond donors (Lipinski definition) is 6. The van der Waals surface area contributed by atoms with Gasteiger partial charge in [-0.05, 0) is 131 Å². The second-order valence-corrected chi connectivity index (χ2v) is 20.1. The van der Waals surface area contributed by atoms with Gasteiger partial charge in [0, 0.05) is 75.9 Å². The molecule has 10 aromatic carbocycles. The minimum absolute atomic E-state index is 0.0550. The van der Waals surface area contributed by atoms with Gasteiger partial charge in [-0.3, -0.25) is 14.4 Å². The molecule has 0 radical (unpaired) electrons. The number of fused-ring (bicyclic) bond motifs is 13. The monoisotopic (exact) mass is 1110 g/mol. The van der Waals surface area contributed by atoms with Gasteiger partial charge in [-0.2, -0.15) is 10.2 Å². The van der Waals surface area contributed by atoms with Crippen molar-refractivity contribution in [2.75, 3.05) is 10.6 Å². The van der Waals surface area contributed by atoms with E-state index in [1.54, 1.807) is 60.7 Å². The van der Waals surface area contributed by atoms with Crippen LogP contribution in [0.15, 0.2) is 166 Å². The van der Waals surface area contributed by atoms with Crippen LogP contribution < -0.4 is 10.6 Å². The quantitative estimate of drug-likeness (QED) is 0.0822. The number of H-pyrrole nitrogens is 2. The van der Waals surface area contributed by atoms with Gasteiger partial charge in [0.15, 0.2) is 17.3 Å². The molecule has 0 saturated carbocycles. The number of phenolic OH excluding ortho intramolecular Hbond substituents is 2. The largest absolute Gasteiger partial charge is 0.505 e. The molecule has 0 unspecified atom stereocenters. The zero-order valence-corrected chi connectivity index (χ0v) is 42.6. The van der Waals surface area contributed by atoms with Crippen molar-refractivity contribution in [1.29, 1.82) is 0 Å². The fourth-order valence-electron chi connectivity index (χ4n) is 10.1. The number of phenols is 2. The maximum atomic E-state index is 14.3. The number of aromatic hydroxyl groups is 2. The van der Waals surface area contributed by atoms with Crippen LogP contribution in [0.5, 0.6) is 11.5 Å². The Morgan fingerprint density at radius 3 is 1.32 bits per heavy atom. The molecular weight excluding hydrogens is 1080 g/mol. The maximum absolute atomic E-state index is 14.3. The Morgan fingerprint density at radius 1 is 0.462 bits per heavy atom. The normalized spacial score (nSPS) is 12.4. The highest BCUT2D eigenvalue weighted by Gasteiger charge is 2.29. The lowest BCUT2D eigenvalue weighted by molar-refractivity contribution is 0.101. The summed E-state index contributed by atoms with van der Waals surface area (Å²) in [6, 6.07) is 38.4. The van der Waals surface area contributed by atoms with E-state index in [-0.39, 0.29) is 61.1 Å². The molecule has 0 aliphatic heterocycles. The summed E-state index contributed by atoms with van der Waals surface area (Å²) in [5.74, 6) is -4.17. The molecule has 2 aromatic heterocycles. The van der Waals surface area contributed by atoms with Gasteiger partial charge in [0.25, 0.3) is 11.8 Å². The number of rotatable bonds is 8. The van der Waals surface area contributed by atoms with Gasteiger partial charge in [-0.15, -0.1) is 10.2 Å². The molecule has 0 bridgehead atoms. The van der Waals surface area contributed by atoms with E-state index in [4.69, 9.17) is 46.4 Å². The summed E-state index contributed by atoms with van der Waals surface area (Å²) >= 11 is 24.8. The number of nitrogens with zero attached hydrogens (tertiary/aromatic N) is 4. The van der Waals surface area contributed by atoms with Crippen LogP contribution in [0.4, 0.5) is 42.9 Å². The molecule has 6 N–H and O–H groups in total. The third-order valence-electron chi connectivity index (χ3n) is 13.7. The predicted octanol–water partition coefficient (Wildman–Crippen LogP) is 18.1. The maximum Gasteiger partial charge on any atom is 0.259 e. The SMILES string of the molecule is O=C1c2cc(N=Nc3c(O)c(C(=O)Nc4ccc(F)c(Cl)c4)cc4ccc5c6cc(Cl)ccc6[nH]c5c34)ccc2-c2ccc(N=Nc3c(O)c(C(=O)Nc4ccc(F)c(Cl)c4)cc4ccc5c6cc(Cl)ccc6[nH]c5c34)cc21. The first-order chi connectivity index (χ1) is 37.6. The molecule has 2 heterocycles. The molecule has 78 heavy (non-hydrogen) atoms. The first-order valence-corrected chi connectivity index (χ1v) is 25.2. The van der Waals surface area contributed by atoms with E-state index in [1.807, 2.05) is 36.4 Å². The summed E-state index contributed by atoms with van der Waals surface area (Å²) in [6.45, 7) is 0. The lowest BCUT2D eigenvalue weighted by atomic mass is 10.00. The number of halogens is 6. The molecule has 378 valence electrons. The first-order valence-electron chi connectivity index (χ1n) is 23.6. The Hall–Kier alpha value is -9.25. The van der Waals surface area contributed by atoms with Crippen LogP contribution in [0.3, 0.4) is 0 Å². The molecule has 12 aromatic rings. The lowest BCUT2D eigenvalue weighted by Crippen LogP contribution is -2.12. The number of hydrogen-bond acceptors (Lipinski definition) is 9. The number of aromatic nitrogens is 2. The zero-order chi connectivity index (χ0) is 53.8. The highest BCUT2D eigenvalue weighted by atomic mass is 35.5. The second-order valence-electron chi connectivity index (χ2n) is 18.4. The number of benzene rings is 10. The van der Waals surface area contributed by atoms with Crippen molar-refractivity contribution in [2.45, 2.75) is 0 Å². The Kier molecular flexibility index (Phi) is 11.5. The van der Waals surface area contributed by atoms with Gasteiger partial charge in [0.1, 0.15) is 23.0 Å².